The van der Waals surface area contributed by atoms with E-state index < -0.39 is 0 Å². The molecular weight excluding hydrogens is 374 g/mol. The lowest BCUT2D eigenvalue weighted by atomic mass is 10.0. The molecule has 0 aliphatic rings. The lowest BCUT2D eigenvalue weighted by Crippen LogP contribution is -3.06. The largest absolute Gasteiger partial charge is 0.423 e. The summed E-state index contributed by atoms with van der Waals surface area (Å²) in [7, 11) is 2.15. The maximum Gasteiger partial charge on any atom is 0.336 e. The molecule has 1 N–H and O–H groups in total. The minimum atomic E-state index is -0.276. The number of rotatable bonds is 4. The van der Waals surface area contributed by atoms with Crippen LogP contribution in [-0.2, 0) is 13.1 Å². The highest BCUT2D eigenvalue weighted by molar-refractivity contribution is 9.11. The summed E-state index contributed by atoms with van der Waals surface area (Å²) in [6.07, 6.45) is 0. The van der Waals surface area contributed by atoms with Crippen LogP contribution in [0.3, 0.4) is 0 Å². The van der Waals surface area contributed by atoms with Crippen LogP contribution in [0.25, 0.3) is 11.0 Å². The van der Waals surface area contributed by atoms with Gasteiger partial charge in [0.25, 0.3) is 0 Å². The molecule has 5 heteroatoms. The highest BCUT2D eigenvalue weighted by atomic mass is 79.9. The molecule has 1 aromatic carbocycles. The minimum absolute atomic E-state index is 0.276. The van der Waals surface area contributed by atoms with Crippen molar-refractivity contribution < 1.29 is 9.32 Å². The minimum Gasteiger partial charge on any atom is -0.423 e. The number of hydrogen-bond donors (Lipinski definition) is 1. The molecule has 1 atom stereocenters. The summed E-state index contributed by atoms with van der Waals surface area (Å²) in [6.45, 7) is 5.85. The highest BCUT2D eigenvalue weighted by Crippen LogP contribution is 2.22. The fourth-order valence-electron chi connectivity index (χ4n) is 2.76. The molecule has 2 heterocycles. The van der Waals surface area contributed by atoms with E-state index in [9.17, 15) is 4.79 Å². The number of fused-ring (bicyclic) bond motifs is 1. The third-order valence-corrected chi connectivity index (χ3v) is 5.67. The first-order chi connectivity index (χ1) is 10.9. The van der Waals surface area contributed by atoms with Crippen molar-refractivity contribution in [1.82, 2.24) is 0 Å². The second kappa shape index (κ2) is 6.59. The normalized spacial score (nSPS) is 12.7. The number of hydrogen-bond acceptors (Lipinski definition) is 3. The van der Waals surface area contributed by atoms with Gasteiger partial charge in [0.15, 0.2) is 0 Å². The number of aryl methyl sites for hydroxylation is 2. The molecule has 0 amide bonds. The van der Waals surface area contributed by atoms with Crippen LogP contribution in [0.5, 0.6) is 0 Å². The monoisotopic (exact) mass is 392 g/mol. The van der Waals surface area contributed by atoms with E-state index in [0.717, 1.165) is 33.4 Å². The molecule has 0 aliphatic carbocycles. The van der Waals surface area contributed by atoms with Gasteiger partial charge >= 0.3 is 5.63 Å². The Morgan fingerprint density at radius 1 is 1.13 bits per heavy atom. The Balaban J connectivity index is 1.92. The van der Waals surface area contributed by atoms with E-state index >= 15 is 0 Å². The maximum absolute atomic E-state index is 11.9. The average Bonchev–Trinajstić information content (AvgIpc) is 2.86. The summed E-state index contributed by atoms with van der Waals surface area (Å²) in [5.74, 6) is 0. The first-order valence-corrected chi connectivity index (χ1v) is 9.13. The molecule has 0 saturated carbocycles. The second-order valence-electron chi connectivity index (χ2n) is 6.04. The summed E-state index contributed by atoms with van der Waals surface area (Å²) in [5, 5.41) is 1.04. The van der Waals surface area contributed by atoms with Crippen LogP contribution in [0.2, 0.25) is 0 Å². The molecule has 120 valence electrons. The van der Waals surface area contributed by atoms with Crippen LogP contribution in [0.15, 0.2) is 43.3 Å². The fourth-order valence-corrected chi connectivity index (χ4v) is 4.36. The molecule has 0 spiro atoms. The predicted molar refractivity (Wildman–Crippen MR) is 98.3 cm³/mol. The third kappa shape index (κ3) is 3.74. The van der Waals surface area contributed by atoms with E-state index in [1.54, 1.807) is 17.4 Å². The Morgan fingerprint density at radius 3 is 2.57 bits per heavy atom. The zero-order chi connectivity index (χ0) is 16.6. The van der Waals surface area contributed by atoms with Crippen molar-refractivity contribution >= 4 is 38.2 Å². The summed E-state index contributed by atoms with van der Waals surface area (Å²) < 4.78 is 6.52. The number of thiophene rings is 1. The summed E-state index contributed by atoms with van der Waals surface area (Å²) in [5.41, 5.74) is 3.81. The summed E-state index contributed by atoms with van der Waals surface area (Å²) in [6, 6.07) is 9.93. The molecule has 0 aliphatic heterocycles. The van der Waals surface area contributed by atoms with Gasteiger partial charge in [-0.15, -0.1) is 11.3 Å². The Hall–Kier alpha value is -1.43. The predicted octanol–water partition coefficient (Wildman–Crippen LogP) is 3.45. The smallest absolute Gasteiger partial charge is 0.336 e. The van der Waals surface area contributed by atoms with Crippen molar-refractivity contribution in [3.8, 4) is 0 Å². The van der Waals surface area contributed by atoms with Crippen LogP contribution < -0.4 is 10.5 Å². The first kappa shape index (κ1) is 16.4. The van der Waals surface area contributed by atoms with Crippen molar-refractivity contribution in [3.63, 3.8) is 0 Å². The van der Waals surface area contributed by atoms with Crippen LogP contribution in [0.1, 0.15) is 21.6 Å². The average molecular weight is 393 g/mol. The lowest BCUT2D eigenvalue weighted by Gasteiger charge is -2.14. The van der Waals surface area contributed by atoms with Crippen LogP contribution >= 0.6 is 27.3 Å². The zero-order valence-corrected chi connectivity index (χ0v) is 15.8. The lowest BCUT2D eigenvalue weighted by molar-refractivity contribution is -0.907. The molecule has 3 rings (SSSR count). The molecule has 0 radical (unpaired) electrons. The molecule has 0 bridgehead atoms. The molecule has 0 saturated heterocycles. The molecule has 3 nitrogen and oxygen atoms in total. The summed E-state index contributed by atoms with van der Waals surface area (Å²) >= 11 is 5.25. The molecule has 3 aromatic rings. The molecular formula is C18H19BrNO2S+. The second-order valence-corrected chi connectivity index (χ2v) is 8.59. The van der Waals surface area contributed by atoms with Gasteiger partial charge in [0.1, 0.15) is 18.7 Å². The topological polar surface area (TPSA) is 34.6 Å². The van der Waals surface area contributed by atoms with E-state index in [1.165, 1.54) is 15.3 Å². The third-order valence-electron chi connectivity index (χ3n) is 4.04. The number of nitrogens with one attached hydrogen (secondary N) is 1. The molecule has 23 heavy (non-hydrogen) atoms. The van der Waals surface area contributed by atoms with Gasteiger partial charge in [-0.1, -0.05) is 0 Å². The van der Waals surface area contributed by atoms with Crippen molar-refractivity contribution in [2.24, 2.45) is 0 Å². The summed E-state index contributed by atoms with van der Waals surface area (Å²) in [4.78, 5) is 14.5. The standard InChI is InChI=1S/C18H18BrNO2S/c1-11-6-15-13(8-18(21)22-16(15)7-12(11)2)9-20(3)10-14-4-5-17(19)23-14/h4-8H,9-10H2,1-3H3/p+1. The van der Waals surface area contributed by atoms with Gasteiger partial charge in [0.05, 0.1) is 15.7 Å². The van der Waals surface area contributed by atoms with Crippen molar-refractivity contribution in [2.75, 3.05) is 7.05 Å². The SMILES string of the molecule is Cc1cc2oc(=O)cc(C[NH+](C)Cc3ccc(Br)s3)c2cc1C. The number of halogens is 1. The van der Waals surface area contributed by atoms with Gasteiger partial charge in [-0.25, -0.2) is 4.79 Å². The fraction of sp³-hybridized carbons (Fsp3) is 0.278. The maximum atomic E-state index is 11.9. The van der Waals surface area contributed by atoms with E-state index in [1.807, 2.05) is 13.0 Å². The van der Waals surface area contributed by atoms with Crippen LogP contribution in [0.4, 0.5) is 0 Å². The van der Waals surface area contributed by atoms with Crippen molar-refractivity contribution in [1.29, 1.82) is 0 Å². The van der Waals surface area contributed by atoms with Gasteiger partial charge in [-0.2, -0.15) is 0 Å². The van der Waals surface area contributed by atoms with Gasteiger partial charge in [-0.3, -0.25) is 0 Å². The van der Waals surface area contributed by atoms with Gasteiger partial charge < -0.3 is 9.32 Å². The number of quaternary nitrogens is 1. The Bertz CT molecular complexity index is 913. The quantitative estimate of drug-likeness (QED) is 0.690. The molecule has 1 unspecified atom stereocenters. The Labute approximate surface area is 147 Å². The van der Waals surface area contributed by atoms with E-state index in [0.29, 0.717) is 5.58 Å². The van der Waals surface area contributed by atoms with E-state index in [4.69, 9.17) is 4.42 Å². The number of benzene rings is 1. The van der Waals surface area contributed by atoms with Crippen LogP contribution in [0, 0.1) is 13.8 Å². The molecule has 2 aromatic heterocycles. The molecule has 0 fully saturated rings. The van der Waals surface area contributed by atoms with Gasteiger partial charge in [-0.05, 0) is 65.2 Å². The van der Waals surface area contributed by atoms with Crippen molar-refractivity contribution in [3.05, 3.63) is 66.1 Å². The van der Waals surface area contributed by atoms with Gasteiger partial charge in [0, 0.05) is 17.0 Å². The van der Waals surface area contributed by atoms with E-state index in [2.05, 4.69) is 48.1 Å². The van der Waals surface area contributed by atoms with E-state index in [-0.39, 0.29) is 5.63 Å². The first-order valence-electron chi connectivity index (χ1n) is 7.52. The zero-order valence-electron chi connectivity index (χ0n) is 13.4. The van der Waals surface area contributed by atoms with Gasteiger partial charge in [0.2, 0.25) is 0 Å². The van der Waals surface area contributed by atoms with Crippen LogP contribution in [-0.4, -0.2) is 7.05 Å². The van der Waals surface area contributed by atoms with Crippen molar-refractivity contribution in [2.45, 2.75) is 26.9 Å². The Morgan fingerprint density at radius 2 is 1.87 bits per heavy atom. The Kier molecular flexibility index (Phi) is 4.71. The highest BCUT2D eigenvalue weighted by Gasteiger charge is 2.13.